The lowest BCUT2D eigenvalue weighted by Gasteiger charge is -2.29. The van der Waals surface area contributed by atoms with E-state index in [9.17, 15) is 4.79 Å². The lowest BCUT2D eigenvalue weighted by molar-refractivity contribution is 0.0488. The van der Waals surface area contributed by atoms with Crippen LogP contribution in [-0.2, 0) is 4.74 Å². The Hall–Kier alpha value is -0.730. The van der Waals surface area contributed by atoms with Gasteiger partial charge in [0.2, 0.25) is 0 Å². The van der Waals surface area contributed by atoms with E-state index >= 15 is 0 Å². The van der Waals surface area contributed by atoms with E-state index in [2.05, 4.69) is 5.32 Å². The second kappa shape index (κ2) is 4.92. The molecule has 0 unspecified atom stereocenters. The number of nitrogens with one attached hydrogen (secondary N) is 1. The van der Waals surface area contributed by atoms with Gasteiger partial charge in [0, 0.05) is 6.04 Å². The minimum absolute atomic E-state index is 0.135. The molecule has 20 heavy (non-hydrogen) atoms. The van der Waals surface area contributed by atoms with Crippen molar-refractivity contribution in [2.45, 2.75) is 82.8 Å². The van der Waals surface area contributed by atoms with Gasteiger partial charge < -0.3 is 10.1 Å². The molecule has 0 aliphatic heterocycles. The predicted molar refractivity (Wildman–Crippen MR) is 77.4 cm³/mol. The summed E-state index contributed by atoms with van der Waals surface area (Å²) in [5.74, 6) is 1.55. The summed E-state index contributed by atoms with van der Waals surface area (Å²) >= 11 is 0. The Balaban J connectivity index is 1.33. The van der Waals surface area contributed by atoms with Gasteiger partial charge in [-0.3, -0.25) is 0 Å². The van der Waals surface area contributed by atoms with Crippen LogP contribution in [0.25, 0.3) is 0 Å². The maximum absolute atomic E-state index is 12.1. The number of amides is 1. The Morgan fingerprint density at radius 2 is 1.85 bits per heavy atom. The molecular formula is C17H27NO2. The molecule has 4 fully saturated rings. The van der Waals surface area contributed by atoms with Crippen molar-refractivity contribution in [1.29, 1.82) is 0 Å². The maximum atomic E-state index is 12.1. The third kappa shape index (κ3) is 2.05. The highest BCUT2D eigenvalue weighted by Crippen LogP contribution is 2.66. The molecule has 0 spiro atoms. The average Bonchev–Trinajstić information content (AvgIpc) is 3.04. The molecular weight excluding hydrogens is 250 g/mol. The Morgan fingerprint density at radius 3 is 2.65 bits per heavy atom. The first-order valence-corrected chi connectivity index (χ1v) is 8.74. The van der Waals surface area contributed by atoms with Gasteiger partial charge in [0.1, 0.15) is 6.10 Å². The minimum atomic E-state index is -0.135. The Kier molecular flexibility index (Phi) is 3.19. The summed E-state index contributed by atoms with van der Waals surface area (Å²) in [6.45, 7) is 0. The van der Waals surface area contributed by atoms with E-state index in [1.54, 1.807) is 0 Å². The number of hydrogen-bond donors (Lipinski definition) is 1. The fraction of sp³-hybridized carbons (Fsp3) is 0.941. The lowest BCUT2D eigenvalue weighted by atomic mass is 9.80. The van der Waals surface area contributed by atoms with Crippen molar-refractivity contribution in [2.24, 2.45) is 17.3 Å². The van der Waals surface area contributed by atoms with Gasteiger partial charge in [-0.25, -0.2) is 4.79 Å². The van der Waals surface area contributed by atoms with Crippen LogP contribution in [0, 0.1) is 17.3 Å². The molecule has 0 heterocycles. The van der Waals surface area contributed by atoms with Crippen LogP contribution in [0.5, 0.6) is 0 Å². The van der Waals surface area contributed by atoms with Crippen molar-refractivity contribution in [3.63, 3.8) is 0 Å². The van der Waals surface area contributed by atoms with Crippen LogP contribution in [0.4, 0.5) is 4.79 Å². The smallest absolute Gasteiger partial charge is 0.407 e. The van der Waals surface area contributed by atoms with Crippen molar-refractivity contribution < 1.29 is 9.53 Å². The number of alkyl carbamates (subject to hydrolysis) is 1. The number of hydrogen-bond acceptors (Lipinski definition) is 2. The molecule has 4 rings (SSSR count). The summed E-state index contributed by atoms with van der Waals surface area (Å²) < 4.78 is 5.83. The zero-order valence-electron chi connectivity index (χ0n) is 12.4. The Bertz CT molecular complexity index is 386. The van der Waals surface area contributed by atoms with Gasteiger partial charge in [-0.1, -0.05) is 25.7 Å². The normalized spacial score (nSPS) is 43.5. The molecule has 0 aromatic heterocycles. The van der Waals surface area contributed by atoms with Gasteiger partial charge >= 0.3 is 6.09 Å². The summed E-state index contributed by atoms with van der Waals surface area (Å²) in [5.41, 5.74) is 0.570. The van der Waals surface area contributed by atoms with Crippen LogP contribution in [0.1, 0.15) is 70.6 Å². The highest BCUT2D eigenvalue weighted by molar-refractivity contribution is 5.68. The molecule has 4 atom stereocenters. The lowest BCUT2D eigenvalue weighted by Crippen LogP contribution is -2.39. The number of carbonyl (C=O) groups is 1. The second-order valence-electron chi connectivity index (χ2n) is 7.69. The fourth-order valence-electron chi connectivity index (χ4n) is 5.87. The standard InChI is InChI=1S/C17H27NO2/c19-16(18-12-5-2-1-3-6-12)20-15-11-17-9-4-7-14(17)13(15)8-10-17/h12-15H,1-11H2,(H,18,19)/t13-,14+,15-,17+/m0/s1. The zero-order valence-corrected chi connectivity index (χ0v) is 12.4. The molecule has 1 N–H and O–H groups in total. The molecule has 3 heteroatoms. The fourth-order valence-corrected chi connectivity index (χ4v) is 5.87. The first kappa shape index (κ1) is 13.0. The number of rotatable bonds is 2. The van der Waals surface area contributed by atoms with Crippen molar-refractivity contribution in [1.82, 2.24) is 5.32 Å². The number of carbonyl (C=O) groups excluding carboxylic acids is 1. The summed E-state index contributed by atoms with van der Waals surface area (Å²) in [5, 5.41) is 3.11. The third-order valence-corrected chi connectivity index (χ3v) is 6.74. The number of ether oxygens (including phenoxy) is 1. The van der Waals surface area contributed by atoms with Crippen LogP contribution in [0.3, 0.4) is 0 Å². The first-order chi connectivity index (χ1) is 9.77. The molecule has 0 aromatic rings. The SMILES string of the molecule is O=C(NC1CCCCC1)O[C@H]1C[C@]23CCC[C@@H]2[C@@H]1CC3. The van der Waals surface area contributed by atoms with Gasteiger partial charge in [-0.15, -0.1) is 0 Å². The summed E-state index contributed by atoms with van der Waals surface area (Å²) in [4.78, 5) is 12.1. The van der Waals surface area contributed by atoms with E-state index in [0.717, 1.165) is 25.2 Å². The van der Waals surface area contributed by atoms with Crippen LogP contribution >= 0.6 is 0 Å². The molecule has 0 aromatic carbocycles. The zero-order chi connectivity index (χ0) is 13.6. The predicted octanol–water partition coefficient (Wildman–Crippen LogP) is 4.01. The molecule has 4 saturated carbocycles. The van der Waals surface area contributed by atoms with Crippen molar-refractivity contribution in [3.8, 4) is 0 Å². The van der Waals surface area contributed by atoms with Crippen molar-refractivity contribution in [2.75, 3.05) is 0 Å². The molecule has 112 valence electrons. The van der Waals surface area contributed by atoms with E-state index < -0.39 is 0 Å². The van der Waals surface area contributed by atoms with Gasteiger partial charge in [0.15, 0.2) is 0 Å². The van der Waals surface area contributed by atoms with E-state index in [0.29, 0.717) is 17.4 Å². The topological polar surface area (TPSA) is 38.3 Å². The summed E-state index contributed by atoms with van der Waals surface area (Å²) in [6.07, 6.45) is 14.2. The molecule has 4 aliphatic carbocycles. The molecule has 0 saturated heterocycles. The van der Waals surface area contributed by atoms with Crippen LogP contribution in [-0.4, -0.2) is 18.2 Å². The maximum Gasteiger partial charge on any atom is 0.407 e. The molecule has 3 nitrogen and oxygen atoms in total. The van der Waals surface area contributed by atoms with Gasteiger partial charge in [-0.2, -0.15) is 0 Å². The largest absolute Gasteiger partial charge is 0.446 e. The molecule has 4 aliphatic rings. The summed E-state index contributed by atoms with van der Waals surface area (Å²) in [6, 6.07) is 0.368. The van der Waals surface area contributed by atoms with Crippen LogP contribution in [0.2, 0.25) is 0 Å². The molecule has 1 amide bonds. The van der Waals surface area contributed by atoms with Gasteiger partial charge in [0.05, 0.1) is 0 Å². The van der Waals surface area contributed by atoms with Crippen LogP contribution < -0.4 is 5.32 Å². The highest BCUT2D eigenvalue weighted by Gasteiger charge is 2.60. The van der Waals surface area contributed by atoms with E-state index in [1.165, 1.54) is 51.4 Å². The minimum Gasteiger partial charge on any atom is -0.446 e. The van der Waals surface area contributed by atoms with Crippen LogP contribution in [0.15, 0.2) is 0 Å². The van der Waals surface area contributed by atoms with E-state index in [1.807, 2.05) is 0 Å². The van der Waals surface area contributed by atoms with Gasteiger partial charge in [-0.05, 0) is 62.2 Å². The molecule has 2 bridgehead atoms. The van der Waals surface area contributed by atoms with E-state index in [4.69, 9.17) is 4.74 Å². The second-order valence-corrected chi connectivity index (χ2v) is 7.69. The highest BCUT2D eigenvalue weighted by atomic mass is 16.6. The van der Waals surface area contributed by atoms with Crippen molar-refractivity contribution in [3.05, 3.63) is 0 Å². The Morgan fingerprint density at radius 1 is 1.00 bits per heavy atom. The summed E-state index contributed by atoms with van der Waals surface area (Å²) in [7, 11) is 0. The monoisotopic (exact) mass is 277 g/mol. The average molecular weight is 277 g/mol. The van der Waals surface area contributed by atoms with E-state index in [-0.39, 0.29) is 12.2 Å². The van der Waals surface area contributed by atoms with Crippen molar-refractivity contribution >= 4 is 6.09 Å². The first-order valence-electron chi connectivity index (χ1n) is 8.74. The molecule has 0 radical (unpaired) electrons. The van der Waals surface area contributed by atoms with Gasteiger partial charge in [0.25, 0.3) is 0 Å². The quantitative estimate of drug-likeness (QED) is 0.828. The third-order valence-electron chi connectivity index (χ3n) is 6.74. The Labute approximate surface area is 121 Å².